The Morgan fingerprint density at radius 1 is 1.35 bits per heavy atom. The van der Waals surface area contributed by atoms with Gasteiger partial charge in [-0.2, -0.15) is 0 Å². The number of rotatable bonds is 7. The number of ketones is 1. The largest absolute Gasteiger partial charge is 0.465 e. The lowest BCUT2D eigenvalue weighted by atomic mass is 9.75. The second-order valence-electron chi connectivity index (χ2n) is 4.65. The Hall–Kier alpha value is -1.61. The van der Waals surface area contributed by atoms with Gasteiger partial charge in [0.25, 0.3) is 0 Å². The summed E-state index contributed by atoms with van der Waals surface area (Å²) in [5.41, 5.74) is -0.342. The van der Waals surface area contributed by atoms with E-state index < -0.39 is 11.4 Å². The zero-order valence-electron chi connectivity index (χ0n) is 11.8. The standard InChI is InChI=1S/C16H19ClO3/c1-4-10-16(12(3)18,15(19)20-5-2)11-13-6-8-14(17)9-7-13/h4,6-9H,1,5,10-11H2,2-3H3. The zero-order valence-corrected chi connectivity index (χ0v) is 12.6. The highest BCUT2D eigenvalue weighted by Gasteiger charge is 2.43. The third kappa shape index (κ3) is 3.70. The molecule has 0 amide bonds. The number of carbonyl (C=O) groups excluding carboxylic acids is 2. The third-order valence-corrected chi connectivity index (χ3v) is 3.50. The summed E-state index contributed by atoms with van der Waals surface area (Å²) in [5, 5.41) is 0.613. The van der Waals surface area contributed by atoms with Gasteiger partial charge in [0.05, 0.1) is 6.61 Å². The van der Waals surface area contributed by atoms with Crippen molar-refractivity contribution in [2.75, 3.05) is 6.61 Å². The fourth-order valence-corrected chi connectivity index (χ4v) is 2.23. The van der Waals surface area contributed by atoms with Crippen LogP contribution in [0.15, 0.2) is 36.9 Å². The molecular formula is C16H19ClO3. The second-order valence-corrected chi connectivity index (χ2v) is 5.09. The molecule has 3 nitrogen and oxygen atoms in total. The Balaban J connectivity index is 3.14. The molecule has 1 aromatic rings. The van der Waals surface area contributed by atoms with Gasteiger partial charge < -0.3 is 4.74 Å². The van der Waals surface area contributed by atoms with E-state index in [2.05, 4.69) is 6.58 Å². The van der Waals surface area contributed by atoms with Gasteiger partial charge in [-0.1, -0.05) is 29.8 Å². The van der Waals surface area contributed by atoms with E-state index >= 15 is 0 Å². The maximum atomic E-state index is 12.3. The van der Waals surface area contributed by atoms with Crippen LogP contribution in [-0.4, -0.2) is 18.4 Å². The van der Waals surface area contributed by atoms with Crippen molar-refractivity contribution in [3.8, 4) is 0 Å². The smallest absolute Gasteiger partial charge is 0.320 e. The van der Waals surface area contributed by atoms with E-state index in [1.807, 2.05) is 12.1 Å². The summed E-state index contributed by atoms with van der Waals surface area (Å²) in [6.45, 7) is 7.02. The Kier molecular flexibility index (Phi) is 5.96. The SMILES string of the molecule is C=CCC(Cc1ccc(Cl)cc1)(C(C)=O)C(=O)OCC. The highest BCUT2D eigenvalue weighted by Crippen LogP contribution is 2.31. The van der Waals surface area contributed by atoms with Gasteiger partial charge in [-0.3, -0.25) is 9.59 Å². The maximum absolute atomic E-state index is 12.3. The Bertz CT molecular complexity index is 493. The van der Waals surface area contributed by atoms with E-state index in [1.54, 1.807) is 25.1 Å². The Labute approximate surface area is 124 Å². The van der Waals surface area contributed by atoms with Crippen LogP contribution in [0.25, 0.3) is 0 Å². The molecule has 0 radical (unpaired) electrons. The molecule has 0 aromatic heterocycles. The lowest BCUT2D eigenvalue weighted by Gasteiger charge is -2.27. The number of benzene rings is 1. The summed E-state index contributed by atoms with van der Waals surface area (Å²) in [5.74, 6) is -0.715. The van der Waals surface area contributed by atoms with E-state index in [1.165, 1.54) is 6.92 Å². The molecule has 0 bridgehead atoms. The van der Waals surface area contributed by atoms with E-state index in [4.69, 9.17) is 16.3 Å². The van der Waals surface area contributed by atoms with Crippen molar-refractivity contribution in [1.29, 1.82) is 0 Å². The molecule has 0 fully saturated rings. The number of halogens is 1. The minimum Gasteiger partial charge on any atom is -0.465 e. The van der Waals surface area contributed by atoms with Crippen molar-refractivity contribution < 1.29 is 14.3 Å². The molecule has 1 atom stereocenters. The minimum absolute atomic E-state index is 0.217. The molecule has 108 valence electrons. The van der Waals surface area contributed by atoms with Crippen molar-refractivity contribution in [3.63, 3.8) is 0 Å². The summed E-state index contributed by atoms with van der Waals surface area (Å²) in [7, 11) is 0. The maximum Gasteiger partial charge on any atom is 0.320 e. The number of hydrogen-bond acceptors (Lipinski definition) is 3. The molecule has 0 aliphatic heterocycles. The Morgan fingerprint density at radius 2 is 1.95 bits per heavy atom. The van der Waals surface area contributed by atoms with Crippen LogP contribution in [0.4, 0.5) is 0 Å². The molecule has 1 unspecified atom stereocenters. The van der Waals surface area contributed by atoms with Gasteiger partial charge in [0.2, 0.25) is 0 Å². The van der Waals surface area contributed by atoms with Crippen LogP contribution in [0.5, 0.6) is 0 Å². The molecule has 1 rings (SSSR count). The van der Waals surface area contributed by atoms with Crippen LogP contribution < -0.4 is 0 Å². The van der Waals surface area contributed by atoms with Crippen molar-refractivity contribution in [2.24, 2.45) is 5.41 Å². The molecule has 1 aromatic carbocycles. The molecule has 4 heteroatoms. The molecule has 0 heterocycles. The quantitative estimate of drug-likeness (QED) is 0.438. The van der Waals surface area contributed by atoms with Crippen LogP contribution in [0.1, 0.15) is 25.8 Å². The lowest BCUT2D eigenvalue weighted by molar-refractivity contribution is -0.159. The third-order valence-electron chi connectivity index (χ3n) is 3.25. The predicted molar refractivity (Wildman–Crippen MR) is 79.7 cm³/mol. The lowest BCUT2D eigenvalue weighted by Crippen LogP contribution is -2.41. The van der Waals surface area contributed by atoms with Crippen LogP contribution in [0.3, 0.4) is 0 Å². The number of hydrogen-bond donors (Lipinski definition) is 0. The van der Waals surface area contributed by atoms with Gasteiger partial charge >= 0.3 is 5.97 Å². The average molecular weight is 295 g/mol. The van der Waals surface area contributed by atoms with Crippen molar-refractivity contribution in [3.05, 3.63) is 47.5 Å². The van der Waals surface area contributed by atoms with Gasteiger partial charge in [-0.25, -0.2) is 0 Å². The first-order valence-corrected chi connectivity index (χ1v) is 6.87. The number of allylic oxidation sites excluding steroid dienone is 1. The monoisotopic (exact) mass is 294 g/mol. The minimum atomic E-state index is -1.20. The molecular weight excluding hydrogens is 276 g/mol. The number of carbonyl (C=O) groups is 2. The summed E-state index contributed by atoms with van der Waals surface area (Å²) in [6.07, 6.45) is 2.11. The molecule has 20 heavy (non-hydrogen) atoms. The normalized spacial score (nSPS) is 13.3. The van der Waals surface area contributed by atoms with Crippen LogP contribution in [0, 0.1) is 5.41 Å². The topological polar surface area (TPSA) is 43.4 Å². The molecule has 0 spiro atoms. The molecule has 0 saturated carbocycles. The fourth-order valence-electron chi connectivity index (χ4n) is 2.11. The summed E-state index contributed by atoms with van der Waals surface area (Å²) < 4.78 is 5.08. The molecule has 0 aliphatic carbocycles. The number of esters is 1. The van der Waals surface area contributed by atoms with E-state index in [-0.39, 0.29) is 25.2 Å². The van der Waals surface area contributed by atoms with Crippen LogP contribution in [-0.2, 0) is 20.7 Å². The molecule has 0 aliphatic rings. The number of Topliss-reactive ketones (excluding diaryl/α,β-unsaturated/α-hetero) is 1. The average Bonchev–Trinajstić information content (AvgIpc) is 2.40. The zero-order chi connectivity index (χ0) is 15.2. The van der Waals surface area contributed by atoms with Crippen molar-refractivity contribution in [2.45, 2.75) is 26.7 Å². The van der Waals surface area contributed by atoms with Gasteiger partial charge in [0.15, 0.2) is 0 Å². The first kappa shape index (κ1) is 16.4. The van der Waals surface area contributed by atoms with Crippen LogP contribution in [0.2, 0.25) is 5.02 Å². The van der Waals surface area contributed by atoms with Crippen molar-refractivity contribution >= 4 is 23.4 Å². The van der Waals surface area contributed by atoms with Gasteiger partial charge in [-0.05, 0) is 44.4 Å². The summed E-state index contributed by atoms with van der Waals surface area (Å²) in [6, 6.07) is 7.09. The first-order chi connectivity index (χ1) is 9.46. The van der Waals surface area contributed by atoms with Gasteiger partial charge in [0.1, 0.15) is 11.2 Å². The van der Waals surface area contributed by atoms with Crippen LogP contribution >= 0.6 is 11.6 Å². The van der Waals surface area contributed by atoms with Crippen molar-refractivity contribution in [1.82, 2.24) is 0 Å². The van der Waals surface area contributed by atoms with Gasteiger partial charge in [-0.15, -0.1) is 6.58 Å². The molecule has 0 saturated heterocycles. The molecule has 0 N–H and O–H groups in total. The fraction of sp³-hybridized carbons (Fsp3) is 0.375. The highest BCUT2D eigenvalue weighted by molar-refractivity contribution is 6.30. The highest BCUT2D eigenvalue weighted by atomic mass is 35.5. The van der Waals surface area contributed by atoms with E-state index in [0.29, 0.717) is 5.02 Å². The number of ether oxygens (including phenoxy) is 1. The summed E-state index contributed by atoms with van der Waals surface area (Å²) in [4.78, 5) is 24.3. The van der Waals surface area contributed by atoms with Gasteiger partial charge in [0, 0.05) is 5.02 Å². The second kappa shape index (κ2) is 7.25. The Morgan fingerprint density at radius 3 is 2.40 bits per heavy atom. The first-order valence-electron chi connectivity index (χ1n) is 6.50. The summed E-state index contributed by atoms with van der Waals surface area (Å²) >= 11 is 5.84. The van der Waals surface area contributed by atoms with E-state index in [0.717, 1.165) is 5.56 Å². The predicted octanol–water partition coefficient (Wildman–Crippen LogP) is 3.60. The van der Waals surface area contributed by atoms with E-state index in [9.17, 15) is 9.59 Å².